The van der Waals surface area contributed by atoms with Crippen molar-refractivity contribution < 1.29 is 17.9 Å². The highest BCUT2D eigenvalue weighted by atomic mass is 32.3. The van der Waals surface area contributed by atoms with Crippen LogP contribution in [0.15, 0.2) is 66.0 Å². The molecule has 1 aromatic carbocycles. The molecule has 1 aliphatic heterocycles. The summed E-state index contributed by atoms with van der Waals surface area (Å²) in [4.78, 5) is 20.8. The third-order valence-corrected chi connectivity index (χ3v) is 6.35. The third-order valence-electron chi connectivity index (χ3n) is 4.56. The monoisotopic (exact) mass is 412 g/mol. The molecule has 1 amide bonds. The zero-order valence-corrected chi connectivity index (χ0v) is 16.1. The lowest BCUT2D eigenvalue weighted by molar-refractivity contribution is 0.102. The van der Waals surface area contributed by atoms with Crippen molar-refractivity contribution in [2.75, 3.05) is 16.2 Å². The van der Waals surface area contributed by atoms with Gasteiger partial charge in [-0.3, -0.25) is 14.8 Å². The van der Waals surface area contributed by atoms with Gasteiger partial charge in [-0.15, -0.1) is 0 Å². The molecule has 1 unspecified atom stereocenters. The normalized spacial score (nSPS) is 15.3. The number of aryl methyl sites for hydroxylation is 1. The molecule has 3 heterocycles. The Labute approximate surface area is 168 Å². The molecule has 9 heteroatoms. The summed E-state index contributed by atoms with van der Waals surface area (Å²) in [5, 5.41) is 2.59. The molecule has 148 valence electrons. The summed E-state index contributed by atoms with van der Waals surface area (Å²) in [5.41, 5.74) is 1.45. The Kier molecular flexibility index (Phi) is 5.08. The Bertz CT molecular complexity index is 1110. The van der Waals surface area contributed by atoms with Crippen molar-refractivity contribution in [2.45, 2.75) is 17.7 Å². The van der Waals surface area contributed by atoms with Crippen molar-refractivity contribution in [3.63, 3.8) is 0 Å². The molecule has 0 aliphatic carbocycles. The highest BCUT2D eigenvalue weighted by molar-refractivity contribution is 7.99. The lowest BCUT2D eigenvalue weighted by atomic mass is 10.1. The molecule has 29 heavy (non-hydrogen) atoms. The first-order valence-electron chi connectivity index (χ1n) is 8.94. The van der Waals surface area contributed by atoms with Crippen molar-refractivity contribution in [1.82, 2.24) is 9.97 Å². The van der Waals surface area contributed by atoms with Gasteiger partial charge in [0, 0.05) is 18.1 Å². The van der Waals surface area contributed by atoms with Crippen molar-refractivity contribution in [2.24, 2.45) is 0 Å². The van der Waals surface area contributed by atoms with Crippen LogP contribution in [0, 0.1) is 5.82 Å². The van der Waals surface area contributed by atoms with E-state index in [1.165, 1.54) is 53.2 Å². The molecule has 2 aromatic heterocycles. The molecule has 4 rings (SSSR count). The van der Waals surface area contributed by atoms with E-state index in [4.69, 9.17) is 0 Å². The van der Waals surface area contributed by atoms with Gasteiger partial charge in [0.05, 0.1) is 24.0 Å². The Morgan fingerprint density at radius 1 is 1.21 bits per heavy atom. The molecule has 1 atom stereocenters. The van der Waals surface area contributed by atoms with Crippen LogP contribution in [0.5, 0.6) is 0 Å². The minimum absolute atomic E-state index is 0.0717. The maximum Gasteiger partial charge on any atom is 0.257 e. The number of carbonyl (C=O) groups is 1. The molecule has 0 bridgehead atoms. The fourth-order valence-corrected chi connectivity index (χ4v) is 4.66. The number of sulfonamides is 1. The molecule has 0 radical (unpaired) electrons. The second-order valence-corrected chi connectivity index (χ2v) is 8.39. The highest BCUT2D eigenvalue weighted by Crippen LogP contribution is 2.34. The van der Waals surface area contributed by atoms with Crippen molar-refractivity contribution in [1.29, 1.82) is 0 Å². The predicted molar refractivity (Wildman–Crippen MR) is 106 cm³/mol. The molecular weight excluding hydrogens is 395 g/mol. The molecule has 0 fully saturated rings. The van der Waals surface area contributed by atoms with Gasteiger partial charge in [0.15, 0.2) is 15.3 Å². The van der Waals surface area contributed by atoms with Gasteiger partial charge in [0.25, 0.3) is 5.91 Å². The van der Waals surface area contributed by atoms with E-state index < -0.39 is 22.1 Å². The number of rotatable bonds is 4. The standard InChI is InChI=1S/C20H17FN4O3S/c21-15-4-1-5-16(11-15)24-20(26)14-10-19-18(23-12-14)7-3-9-25(19)29(27,28)17-6-2-8-22-13-17/h1-2,4-6,8,10-13H,3,7,9H2,(H-,24,26,27,28). The molecular formula is C20H17FN4O3S. The van der Waals surface area contributed by atoms with Crippen molar-refractivity contribution >= 4 is 27.7 Å². The fourth-order valence-electron chi connectivity index (χ4n) is 3.17. The molecule has 1 aliphatic rings. The van der Waals surface area contributed by atoms with Crippen LogP contribution in [0.2, 0.25) is 0 Å². The molecule has 3 aromatic rings. The van der Waals surface area contributed by atoms with E-state index in [0.717, 1.165) is 0 Å². The van der Waals surface area contributed by atoms with Crippen LogP contribution in [0.4, 0.5) is 15.8 Å². The average Bonchev–Trinajstić information content (AvgIpc) is 2.73. The third kappa shape index (κ3) is 3.87. The zero-order chi connectivity index (χ0) is 20.4. The summed E-state index contributed by atoms with van der Waals surface area (Å²) < 4.78 is 40.8. The van der Waals surface area contributed by atoms with Crippen molar-refractivity contribution in [3.8, 4) is 0 Å². The van der Waals surface area contributed by atoms with Crippen LogP contribution in [0.25, 0.3) is 0 Å². The van der Waals surface area contributed by atoms with Gasteiger partial charge >= 0.3 is 0 Å². The zero-order valence-electron chi connectivity index (χ0n) is 15.2. The highest BCUT2D eigenvalue weighted by Gasteiger charge is 2.35. The summed E-state index contributed by atoms with van der Waals surface area (Å²) in [6, 6.07) is 10.1. The fraction of sp³-hybridized carbons (Fsp3) is 0.150. The summed E-state index contributed by atoms with van der Waals surface area (Å²) >= 11 is 0. The molecule has 0 saturated heterocycles. The van der Waals surface area contributed by atoms with Crippen LogP contribution in [0.1, 0.15) is 22.5 Å². The number of aromatic nitrogens is 2. The van der Waals surface area contributed by atoms with Gasteiger partial charge in [-0.1, -0.05) is 10.3 Å². The number of amides is 1. The molecule has 7 nitrogen and oxygen atoms in total. The second kappa shape index (κ2) is 7.69. The Balaban J connectivity index is 1.67. The van der Waals surface area contributed by atoms with Gasteiger partial charge in [-0.25, -0.2) is 4.39 Å². The maximum absolute atomic E-state index is 13.3. The minimum atomic E-state index is -3.83. The SMILES string of the molecule is O=C(Nc1cccc(F)c1)c1cnc2c(c1)N([S+](=O)([O-])c1cccnc1)CCC2. The van der Waals surface area contributed by atoms with E-state index >= 15 is 0 Å². The first kappa shape index (κ1) is 19.2. The summed E-state index contributed by atoms with van der Waals surface area (Å²) in [5.74, 6) is -0.977. The van der Waals surface area contributed by atoms with Gasteiger partial charge in [0.1, 0.15) is 11.5 Å². The topological polar surface area (TPSA) is 98.2 Å². The van der Waals surface area contributed by atoms with E-state index in [1.807, 2.05) is 0 Å². The number of hydrogen-bond donors (Lipinski definition) is 1. The van der Waals surface area contributed by atoms with Crippen LogP contribution < -0.4 is 9.62 Å². The number of nitrogens with zero attached hydrogens (tertiary/aromatic N) is 3. The van der Waals surface area contributed by atoms with E-state index in [1.54, 1.807) is 12.1 Å². The van der Waals surface area contributed by atoms with Gasteiger partial charge in [0.2, 0.25) is 0 Å². The summed E-state index contributed by atoms with van der Waals surface area (Å²) in [7, 11) is -3.83. The van der Waals surface area contributed by atoms with Gasteiger partial charge < -0.3 is 9.87 Å². The minimum Gasteiger partial charge on any atom is -0.588 e. The predicted octanol–water partition coefficient (Wildman–Crippen LogP) is 3.22. The van der Waals surface area contributed by atoms with E-state index in [-0.39, 0.29) is 17.0 Å². The van der Waals surface area contributed by atoms with E-state index in [9.17, 15) is 17.9 Å². The quantitative estimate of drug-likeness (QED) is 0.664. The maximum atomic E-state index is 13.3. The Morgan fingerprint density at radius 3 is 2.83 bits per heavy atom. The molecule has 0 spiro atoms. The average molecular weight is 412 g/mol. The molecule has 0 saturated carbocycles. The lowest BCUT2D eigenvalue weighted by Gasteiger charge is -2.32. The second-order valence-electron chi connectivity index (χ2n) is 6.52. The first-order valence-corrected chi connectivity index (χ1v) is 10.4. The summed E-state index contributed by atoms with van der Waals surface area (Å²) in [6.07, 6.45) is 5.42. The first-order chi connectivity index (χ1) is 13.9. The lowest BCUT2D eigenvalue weighted by Crippen LogP contribution is -2.40. The number of nitrogens with one attached hydrogen (secondary N) is 1. The number of anilines is 2. The smallest absolute Gasteiger partial charge is 0.257 e. The number of hydrogen-bond acceptors (Lipinski definition) is 5. The largest absolute Gasteiger partial charge is 0.588 e. The summed E-state index contributed by atoms with van der Waals surface area (Å²) in [6.45, 7) is 0.279. The van der Waals surface area contributed by atoms with E-state index in [2.05, 4.69) is 15.3 Å². The number of carbonyl (C=O) groups excluding carboxylic acids is 1. The number of fused-ring (bicyclic) bond motifs is 1. The number of benzene rings is 1. The Hall–Kier alpha value is -3.17. The van der Waals surface area contributed by atoms with Crippen molar-refractivity contribution in [3.05, 3.63) is 78.1 Å². The van der Waals surface area contributed by atoms with E-state index in [0.29, 0.717) is 29.9 Å². The van der Waals surface area contributed by atoms with Gasteiger partial charge in [-0.2, -0.15) is 4.31 Å². The van der Waals surface area contributed by atoms with Crippen LogP contribution in [0.3, 0.4) is 0 Å². The number of pyridine rings is 2. The Morgan fingerprint density at radius 2 is 2.07 bits per heavy atom. The molecule has 1 N–H and O–H groups in total. The van der Waals surface area contributed by atoms with Gasteiger partial charge in [-0.05, 0) is 49.2 Å². The van der Waals surface area contributed by atoms with Crippen LogP contribution in [-0.2, 0) is 21.0 Å². The van der Waals surface area contributed by atoms with Crippen LogP contribution >= 0.6 is 0 Å². The van der Waals surface area contributed by atoms with Crippen LogP contribution in [-0.4, -0.2) is 27.0 Å². The number of halogens is 1.